The molecule has 5 heteroatoms. The Labute approximate surface area is 91.1 Å². The molecular formula is C10H9ClO4. The zero-order chi connectivity index (χ0) is 11.4. The van der Waals surface area contributed by atoms with Crippen LogP contribution in [0.15, 0.2) is 30.3 Å². The molecule has 0 aliphatic carbocycles. The number of aliphatic carboxylic acids is 2. The van der Waals surface area contributed by atoms with E-state index >= 15 is 0 Å². The van der Waals surface area contributed by atoms with E-state index < -0.39 is 23.2 Å². The second-order valence-electron chi connectivity index (χ2n) is 2.97. The van der Waals surface area contributed by atoms with Gasteiger partial charge in [0.2, 0.25) is 0 Å². The van der Waals surface area contributed by atoms with Gasteiger partial charge in [-0.2, -0.15) is 0 Å². The minimum absolute atomic E-state index is 0.382. The fraction of sp³-hybridized carbons (Fsp3) is 0.200. The van der Waals surface area contributed by atoms with E-state index in [0.717, 1.165) is 0 Å². The first-order chi connectivity index (χ1) is 7.04. The highest BCUT2D eigenvalue weighted by molar-refractivity contribution is 6.31. The summed E-state index contributed by atoms with van der Waals surface area (Å²) in [5.74, 6) is -3.82. The van der Waals surface area contributed by atoms with Crippen LogP contribution in [-0.4, -0.2) is 27.5 Å². The van der Waals surface area contributed by atoms with Crippen LogP contribution >= 0.6 is 11.6 Å². The smallest absolute Gasteiger partial charge is 0.322 e. The lowest BCUT2D eigenvalue weighted by atomic mass is 9.95. The average molecular weight is 229 g/mol. The van der Waals surface area contributed by atoms with Gasteiger partial charge in [-0.15, -0.1) is 11.6 Å². The fourth-order valence-electron chi connectivity index (χ4n) is 1.24. The lowest BCUT2D eigenvalue weighted by molar-refractivity contribution is -0.144. The van der Waals surface area contributed by atoms with Crippen molar-refractivity contribution in [2.45, 2.75) is 11.3 Å². The van der Waals surface area contributed by atoms with Crippen LogP contribution in [0.3, 0.4) is 0 Å². The number of carbonyl (C=O) groups is 2. The summed E-state index contributed by atoms with van der Waals surface area (Å²) in [5.41, 5.74) is 0.382. The molecule has 0 unspecified atom stereocenters. The van der Waals surface area contributed by atoms with Gasteiger partial charge in [0.15, 0.2) is 0 Å². The summed E-state index contributed by atoms with van der Waals surface area (Å²) in [7, 11) is 0. The third kappa shape index (κ3) is 2.70. The summed E-state index contributed by atoms with van der Waals surface area (Å²) in [4.78, 5) is 21.5. The van der Waals surface area contributed by atoms with Gasteiger partial charge in [0.25, 0.3) is 0 Å². The van der Waals surface area contributed by atoms with Crippen LogP contribution in [0.1, 0.15) is 11.5 Å². The molecule has 0 amide bonds. The molecule has 1 aromatic carbocycles. The van der Waals surface area contributed by atoms with Crippen molar-refractivity contribution in [1.29, 1.82) is 0 Å². The largest absolute Gasteiger partial charge is 0.481 e. The van der Waals surface area contributed by atoms with Crippen molar-refractivity contribution in [1.82, 2.24) is 0 Å². The standard InChI is InChI=1S/C10H9ClO4/c11-8(10(14)15)7(9(12)13)6-4-2-1-3-5-6/h1-5,7-8H,(H,12,13)(H,14,15)/t7-,8-/m0/s1. The Hall–Kier alpha value is -1.55. The first-order valence-electron chi connectivity index (χ1n) is 4.18. The van der Waals surface area contributed by atoms with Crippen LogP contribution in [0.25, 0.3) is 0 Å². The Balaban J connectivity index is 3.04. The van der Waals surface area contributed by atoms with Crippen LogP contribution in [-0.2, 0) is 9.59 Å². The summed E-state index contributed by atoms with van der Waals surface area (Å²) in [6.07, 6.45) is 0. The molecule has 15 heavy (non-hydrogen) atoms. The van der Waals surface area contributed by atoms with Crippen molar-refractivity contribution < 1.29 is 19.8 Å². The molecule has 0 heterocycles. The quantitative estimate of drug-likeness (QED) is 0.767. The molecule has 0 saturated carbocycles. The number of hydrogen-bond donors (Lipinski definition) is 2. The van der Waals surface area contributed by atoms with Crippen molar-refractivity contribution in [3.63, 3.8) is 0 Å². The van der Waals surface area contributed by atoms with E-state index in [4.69, 9.17) is 21.8 Å². The van der Waals surface area contributed by atoms with Gasteiger partial charge in [-0.1, -0.05) is 30.3 Å². The van der Waals surface area contributed by atoms with Crippen molar-refractivity contribution >= 4 is 23.5 Å². The Morgan fingerprint density at radius 3 is 2.00 bits per heavy atom. The number of rotatable bonds is 4. The van der Waals surface area contributed by atoms with Gasteiger partial charge >= 0.3 is 11.9 Å². The zero-order valence-corrected chi connectivity index (χ0v) is 8.39. The van der Waals surface area contributed by atoms with Crippen molar-refractivity contribution in [2.24, 2.45) is 0 Å². The molecule has 0 radical (unpaired) electrons. The molecule has 0 aliphatic heterocycles. The summed E-state index contributed by atoms with van der Waals surface area (Å²) in [6.45, 7) is 0. The molecule has 80 valence electrons. The monoisotopic (exact) mass is 228 g/mol. The number of benzene rings is 1. The van der Waals surface area contributed by atoms with Gasteiger partial charge in [-0.05, 0) is 5.56 Å². The lowest BCUT2D eigenvalue weighted by Crippen LogP contribution is -2.28. The average Bonchev–Trinajstić information content (AvgIpc) is 2.18. The normalized spacial score (nSPS) is 14.2. The fourth-order valence-corrected chi connectivity index (χ4v) is 1.49. The topological polar surface area (TPSA) is 74.6 Å². The lowest BCUT2D eigenvalue weighted by Gasteiger charge is -2.14. The molecule has 0 spiro atoms. The summed E-state index contributed by atoms with van der Waals surface area (Å²) >= 11 is 5.53. The molecule has 2 atom stereocenters. The molecule has 0 saturated heterocycles. The molecule has 0 bridgehead atoms. The van der Waals surface area contributed by atoms with Gasteiger partial charge in [-0.3, -0.25) is 9.59 Å². The van der Waals surface area contributed by atoms with Crippen molar-refractivity contribution in [3.8, 4) is 0 Å². The first kappa shape index (κ1) is 11.5. The van der Waals surface area contributed by atoms with Crippen LogP contribution < -0.4 is 0 Å². The Morgan fingerprint density at radius 1 is 1.07 bits per heavy atom. The van der Waals surface area contributed by atoms with Crippen molar-refractivity contribution in [3.05, 3.63) is 35.9 Å². The maximum Gasteiger partial charge on any atom is 0.322 e. The number of alkyl halides is 1. The number of hydrogen-bond acceptors (Lipinski definition) is 2. The van der Waals surface area contributed by atoms with Gasteiger partial charge in [0.1, 0.15) is 11.3 Å². The van der Waals surface area contributed by atoms with E-state index in [1.54, 1.807) is 18.2 Å². The molecule has 0 aromatic heterocycles. The molecule has 0 fully saturated rings. The van der Waals surface area contributed by atoms with Crippen LogP contribution in [0.4, 0.5) is 0 Å². The summed E-state index contributed by atoms with van der Waals surface area (Å²) < 4.78 is 0. The Bertz CT molecular complexity index is 363. The molecular weight excluding hydrogens is 220 g/mol. The van der Waals surface area contributed by atoms with E-state index in [1.807, 2.05) is 0 Å². The van der Waals surface area contributed by atoms with Crippen LogP contribution in [0, 0.1) is 0 Å². The van der Waals surface area contributed by atoms with E-state index in [2.05, 4.69) is 0 Å². The number of carboxylic acid groups (broad SMARTS) is 2. The van der Waals surface area contributed by atoms with Crippen molar-refractivity contribution in [2.75, 3.05) is 0 Å². The van der Waals surface area contributed by atoms with Gasteiger partial charge in [0, 0.05) is 0 Å². The van der Waals surface area contributed by atoms with E-state index in [0.29, 0.717) is 5.56 Å². The number of carboxylic acids is 2. The predicted octanol–water partition coefficient (Wildman–Crippen LogP) is 1.55. The summed E-state index contributed by atoms with van der Waals surface area (Å²) in [5, 5.41) is 16.1. The van der Waals surface area contributed by atoms with E-state index in [9.17, 15) is 9.59 Å². The van der Waals surface area contributed by atoms with Crippen LogP contribution in [0.2, 0.25) is 0 Å². The maximum atomic E-state index is 10.9. The molecule has 4 nitrogen and oxygen atoms in total. The van der Waals surface area contributed by atoms with Gasteiger partial charge < -0.3 is 10.2 Å². The third-order valence-corrected chi connectivity index (χ3v) is 2.39. The minimum Gasteiger partial charge on any atom is -0.481 e. The molecule has 1 rings (SSSR count). The minimum atomic E-state index is -1.47. The highest BCUT2D eigenvalue weighted by atomic mass is 35.5. The van der Waals surface area contributed by atoms with E-state index in [1.165, 1.54) is 12.1 Å². The maximum absolute atomic E-state index is 10.9. The molecule has 0 aliphatic rings. The van der Waals surface area contributed by atoms with Crippen LogP contribution in [0.5, 0.6) is 0 Å². The zero-order valence-electron chi connectivity index (χ0n) is 7.63. The second-order valence-corrected chi connectivity index (χ2v) is 3.44. The molecule has 2 N–H and O–H groups in total. The molecule has 1 aromatic rings. The van der Waals surface area contributed by atoms with E-state index in [-0.39, 0.29) is 0 Å². The second kappa shape index (κ2) is 4.79. The highest BCUT2D eigenvalue weighted by Gasteiger charge is 2.33. The first-order valence-corrected chi connectivity index (χ1v) is 4.62. The predicted molar refractivity (Wildman–Crippen MR) is 54.1 cm³/mol. The number of halogens is 1. The Morgan fingerprint density at radius 2 is 1.60 bits per heavy atom. The van der Waals surface area contributed by atoms with Gasteiger partial charge in [0.05, 0.1) is 0 Å². The summed E-state index contributed by atoms with van der Waals surface area (Å²) in [6, 6.07) is 8.06. The SMILES string of the molecule is O=C(O)[C@@H](Cl)[C@@H](C(=O)O)c1ccccc1. The Kier molecular flexibility index (Phi) is 3.68. The third-order valence-electron chi connectivity index (χ3n) is 1.95. The highest BCUT2D eigenvalue weighted by Crippen LogP contribution is 2.24. The van der Waals surface area contributed by atoms with Gasteiger partial charge in [-0.25, -0.2) is 0 Å².